The van der Waals surface area contributed by atoms with E-state index in [1.54, 1.807) is 0 Å². The number of sulfone groups is 1. The molecule has 0 atom stereocenters. The molecule has 0 radical (unpaired) electrons. The van der Waals surface area contributed by atoms with Crippen molar-refractivity contribution in [3.05, 3.63) is 23.6 Å². The molecule has 1 aromatic rings. The van der Waals surface area contributed by atoms with Gasteiger partial charge in [0.15, 0.2) is 21.5 Å². The average molecular weight is 290 g/mol. The van der Waals surface area contributed by atoms with Gasteiger partial charge in [-0.15, -0.1) is 0 Å². The molecule has 0 fully saturated rings. The van der Waals surface area contributed by atoms with Crippen molar-refractivity contribution in [2.24, 2.45) is 0 Å². The molecule has 0 saturated heterocycles. The van der Waals surface area contributed by atoms with Crippen molar-refractivity contribution in [2.75, 3.05) is 18.1 Å². The second-order valence-corrected chi connectivity index (χ2v) is 7.36. The van der Waals surface area contributed by atoms with Gasteiger partial charge in [0.1, 0.15) is 5.56 Å². The van der Waals surface area contributed by atoms with Crippen LogP contribution in [-0.2, 0) is 9.84 Å². The van der Waals surface area contributed by atoms with Crippen LogP contribution in [-0.4, -0.2) is 42.0 Å². The second-order valence-electron chi connectivity index (χ2n) is 4.71. The molecule has 0 aliphatic carbocycles. The number of halogens is 1. The lowest BCUT2D eigenvalue weighted by Crippen LogP contribution is -2.38. The van der Waals surface area contributed by atoms with E-state index in [0.29, 0.717) is 0 Å². The van der Waals surface area contributed by atoms with Crippen LogP contribution in [0.3, 0.4) is 0 Å². The Morgan fingerprint density at radius 1 is 1.53 bits per heavy atom. The van der Waals surface area contributed by atoms with E-state index in [9.17, 15) is 17.6 Å². The predicted octanol–water partition coefficient (Wildman–Crippen LogP) is 1.15. The summed E-state index contributed by atoms with van der Waals surface area (Å²) < 4.78 is 35.6. The minimum atomic E-state index is -3.34. The molecule has 0 aromatic carbocycles. The number of carbonyl (C=O) groups is 1. The maximum absolute atomic E-state index is 13.7. The van der Waals surface area contributed by atoms with Crippen molar-refractivity contribution in [3.8, 4) is 0 Å². The number of pyridine rings is 1. The Hall–Kier alpha value is -1.70. The molecule has 1 rings (SSSR count). The summed E-state index contributed by atoms with van der Waals surface area (Å²) in [5.74, 6) is -2.71. The average Bonchev–Trinajstić information content (AvgIpc) is 2.25. The number of rotatable bonds is 5. The number of hydrogen-bond acceptors (Lipinski definition) is 5. The van der Waals surface area contributed by atoms with Crippen molar-refractivity contribution in [3.63, 3.8) is 0 Å². The largest absolute Gasteiger partial charge is 0.478 e. The highest BCUT2D eigenvalue weighted by Gasteiger charge is 2.30. The summed E-state index contributed by atoms with van der Waals surface area (Å²) in [5.41, 5.74) is -0.519. The molecular weight excluding hydrogens is 275 g/mol. The molecular formula is C11H15FN2O4S. The Morgan fingerprint density at radius 2 is 2.11 bits per heavy atom. The zero-order valence-corrected chi connectivity index (χ0v) is 11.6. The second kappa shape index (κ2) is 5.12. The first-order chi connectivity index (χ1) is 8.56. The van der Waals surface area contributed by atoms with E-state index < -0.39 is 31.9 Å². The Balaban J connectivity index is 2.97. The normalized spacial score (nSPS) is 12.2. The minimum absolute atomic E-state index is 0.0845. The molecule has 0 spiro atoms. The molecule has 106 valence electrons. The zero-order chi connectivity index (χ0) is 14.8. The molecule has 19 heavy (non-hydrogen) atoms. The third-order valence-corrected chi connectivity index (χ3v) is 4.96. The summed E-state index contributed by atoms with van der Waals surface area (Å²) in [5, 5.41) is 11.3. The first-order valence-electron chi connectivity index (χ1n) is 5.37. The number of aromatic carboxylic acids is 1. The van der Waals surface area contributed by atoms with Crippen LogP contribution in [0.5, 0.6) is 0 Å². The van der Waals surface area contributed by atoms with Gasteiger partial charge in [-0.05, 0) is 19.9 Å². The number of aromatic nitrogens is 1. The highest BCUT2D eigenvalue weighted by molar-refractivity contribution is 7.92. The molecule has 0 bridgehead atoms. The van der Waals surface area contributed by atoms with E-state index in [0.717, 1.165) is 18.5 Å². The molecule has 0 unspecified atom stereocenters. The number of carboxylic acids is 1. The maximum Gasteiger partial charge on any atom is 0.338 e. The minimum Gasteiger partial charge on any atom is -0.478 e. The summed E-state index contributed by atoms with van der Waals surface area (Å²) in [4.78, 5) is 14.4. The van der Waals surface area contributed by atoms with Crippen LogP contribution in [0.4, 0.5) is 10.2 Å². The zero-order valence-electron chi connectivity index (χ0n) is 10.8. The predicted molar refractivity (Wildman–Crippen MR) is 68.6 cm³/mol. The SMILES string of the molecule is CC(C)(CNc1nccc(C(=O)O)c1F)S(C)(=O)=O. The van der Waals surface area contributed by atoms with Gasteiger partial charge in [0, 0.05) is 19.0 Å². The smallest absolute Gasteiger partial charge is 0.338 e. The molecule has 0 aliphatic heterocycles. The summed E-state index contributed by atoms with van der Waals surface area (Å²) in [6, 6.07) is 1.03. The van der Waals surface area contributed by atoms with Gasteiger partial charge in [-0.3, -0.25) is 0 Å². The molecule has 2 N–H and O–H groups in total. The summed E-state index contributed by atoms with van der Waals surface area (Å²) >= 11 is 0. The molecule has 0 saturated carbocycles. The number of anilines is 1. The van der Waals surface area contributed by atoms with Crippen LogP contribution in [0.1, 0.15) is 24.2 Å². The molecule has 1 heterocycles. The lowest BCUT2D eigenvalue weighted by atomic mass is 10.2. The van der Waals surface area contributed by atoms with Gasteiger partial charge in [0.2, 0.25) is 0 Å². The van der Waals surface area contributed by atoms with E-state index in [-0.39, 0.29) is 12.4 Å². The van der Waals surface area contributed by atoms with Crippen LogP contribution in [0.2, 0.25) is 0 Å². The summed E-state index contributed by atoms with van der Waals surface area (Å²) in [7, 11) is -3.34. The van der Waals surface area contributed by atoms with Crippen LogP contribution in [0, 0.1) is 5.82 Å². The van der Waals surface area contributed by atoms with Crippen molar-refractivity contribution in [1.29, 1.82) is 0 Å². The summed E-state index contributed by atoms with van der Waals surface area (Å²) in [6.07, 6.45) is 2.22. The van der Waals surface area contributed by atoms with Gasteiger partial charge in [-0.25, -0.2) is 22.6 Å². The topological polar surface area (TPSA) is 96.4 Å². The fourth-order valence-electron chi connectivity index (χ4n) is 1.16. The Bertz CT molecular complexity index is 599. The summed E-state index contributed by atoms with van der Waals surface area (Å²) in [6.45, 7) is 2.88. The first-order valence-corrected chi connectivity index (χ1v) is 7.26. The van der Waals surface area contributed by atoms with Crippen LogP contribution >= 0.6 is 0 Å². The molecule has 8 heteroatoms. The number of nitrogens with one attached hydrogen (secondary N) is 1. The molecule has 0 aliphatic rings. The quantitative estimate of drug-likeness (QED) is 0.844. The van der Waals surface area contributed by atoms with Crippen molar-refractivity contribution < 1.29 is 22.7 Å². The van der Waals surface area contributed by atoms with Crippen molar-refractivity contribution >= 4 is 21.6 Å². The van der Waals surface area contributed by atoms with Gasteiger partial charge in [-0.2, -0.15) is 0 Å². The highest BCUT2D eigenvalue weighted by Crippen LogP contribution is 2.19. The van der Waals surface area contributed by atoms with Crippen LogP contribution < -0.4 is 5.32 Å². The Morgan fingerprint density at radius 3 is 2.58 bits per heavy atom. The third kappa shape index (κ3) is 3.40. The lowest BCUT2D eigenvalue weighted by Gasteiger charge is -2.23. The molecule has 6 nitrogen and oxygen atoms in total. The Labute approximate surface area is 110 Å². The van der Waals surface area contributed by atoms with E-state index in [4.69, 9.17) is 5.11 Å². The van der Waals surface area contributed by atoms with Gasteiger partial charge in [0.05, 0.1) is 4.75 Å². The molecule has 0 amide bonds. The fraction of sp³-hybridized carbons (Fsp3) is 0.455. The monoisotopic (exact) mass is 290 g/mol. The van der Waals surface area contributed by atoms with Crippen molar-refractivity contribution in [1.82, 2.24) is 4.98 Å². The number of hydrogen-bond donors (Lipinski definition) is 2. The fourth-order valence-corrected chi connectivity index (χ4v) is 1.49. The van der Waals surface area contributed by atoms with Crippen LogP contribution in [0.15, 0.2) is 12.3 Å². The Kier molecular flexibility index (Phi) is 4.14. The lowest BCUT2D eigenvalue weighted by molar-refractivity contribution is 0.0692. The van der Waals surface area contributed by atoms with E-state index in [2.05, 4.69) is 10.3 Å². The van der Waals surface area contributed by atoms with Crippen LogP contribution in [0.25, 0.3) is 0 Å². The highest BCUT2D eigenvalue weighted by atomic mass is 32.2. The number of carboxylic acid groups (broad SMARTS) is 1. The molecule has 1 aromatic heterocycles. The van der Waals surface area contributed by atoms with E-state index in [1.165, 1.54) is 13.8 Å². The standard InChI is InChI=1S/C11H15FN2O4S/c1-11(2,19(3,17)18)6-14-9-8(12)7(10(15)16)4-5-13-9/h4-5H,6H2,1-3H3,(H,13,14)(H,15,16). The van der Waals surface area contributed by atoms with Crippen molar-refractivity contribution in [2.45, 2.75) is 18.6 Å². The van der Waals surface area contributed by atoms with Gasteiger partial charge in [0.25, 0.3) is 0 Å². The van der Waals surface area contributed by atoms with E-state index in [1.807, 2.05) is 0 Å². The van der Waals surface area contributed by atoms with Gasteiger partial charge in [-0.1, -0.05) is 0 Å². The van der Waals surface area contributed by atoms with Gasteiger partial charge < -0.3 is 10.4 Å². The maximum atomic E-state index is 13.7. The first kappa shape index (κ1) is 15.4. The van der Waals surface area contributed by atoms with Gasteiger partial charge >= 0.3 is 5.97 Å². The number of nitrogens with zero attached hydrogens (tertiary/aromatic N) is 1. The third-order valence-electron chi connectivity index (χ3n) is 2.80. The van der Waals surface area contributed by atoms with E-state index >= 15 is 0 Å².